The Morgan fingerprint density at radius 2 is 1.56 bits per heavy atom. The second-order valence-corrected chi connectivity index (χ2v) is 9.71. The molecule has 7 nitrogen and oxygen atoms in total. The maximum Gasteiger partial charge on any atom is 0.254 e. The number of benzene rings is 2. The van der Waals surface area contributed by atoms with Crippen LogP contribution < -0.4 is 5.32 Å². The van der Waals surface area contributed by atoms with Gasteiger partial charge in [-0.1, -0.05) is 49.2 Å². The first kappa shape index (κ1) is 26.1. The van der Waals surface area contributed by atoms with Gasteiger partial charge in [0, 0.05) is 36.8 Å². The van der Waals surface area contributed by atoms with E-state index in [9.17, 15) is 18.0 Å². The standard InChI is InChI=1S/C22H27Cl2N3O4S/c1-4-26(15-21(28)25-14-16-7-10-18(23)11-8-16)22(29)17-9-12-19(24)20(13-17)32(30,31)27(5-2)6-3/h7-13H,4-6,14-15H2,1-3H3,(H,25,28). The van der Waals surface area contributed by atoms with E-state index in [1.54, 1.807) is 45.0 Å². The molecule has 174 valence electrons. The van der Waals surface area contributed by atoms with Gasteiger partial charge in [0.15, 0.2) is 0 Å². The molecule has 0 atom stereocenters. The zero-order chi connectivity index (χ0) is 23.9. The summed E-state index contributed by atoms with van der Waals surface area (Å²) in [5.41, 5.74) is 1.02. The van der Waals surface area contributed by atoms with Crippen molar-refractivity contribution in [2.75, 3.05) is 26.2 Å². The lowest BCUT2D eigenvalue weighted by Crippen LogP contribution is -2.40. The Labute approximate surface area is 199 Å². The Hall–Kier alpha value is -2.13. The van der Waals surface area contributed by atoms with Crippen molar-refractivity contribution in [3.63, 3.8) is 0 Å². The number of rotatable bonds is 10. The Morgan fingerprint density at radius 3 is 2.12 bits per heavy atom. The van der Waals surface area contributed by atoms with Crippen LogP contribution in [0.25, 0.3) is 0 Å². The molecule has 2 aromatic carbocycles. The fraction of sp³-hybridized carbons (Fsp3) is 0.364. The van der Waals surface area contributed by atoms with Crippen molar-refractivity contribution >= 4 is 45.0 Å². The second kappa shape index (κ2) is 11.7. The third kappa shape index (κ3) is 6.45. The maximum atomic E-state index is 13.0. The first-order valence-electron chi connectivity index (χ1n) is 10.2. The van der Waals surface area contributed by atoms with E-state index in [0.29, 0.717) is 11.6 Å². The van der Waals surface area contributed by atoms with E-state index in [0.717, 1.165) is 5.56 Å². The van der Waals surface area contributed by atoms with E-state index in [1.807, 2.05) is 0 Å². The fourth-order valence-corrected chi connectivity index (χ4v) is 5.16. The van der Waals surface area contributed by atoms with Crippen LogP contribution in [0.5, 0.6) is 0 Å². The monoisotopic (exact) mass is 499 g/mol. The summed E-state index contributed by atoms with van der Waals surface area (Å²) >= 11 is 12.0. The summed E-state index contributed by atoms with van der Waals surface area (Å²) in [6.07, 6.45) is 0. The SMILES string of the molecule is CCN(CC(=O)NCc1ccc(Cl)cc1)C(=O)c1ccc(Cl)c(S(=O)(=O)N(CC)CC)c1. The van der Waals surface area contributed by atoms with Gasteiger partial charge in [0.2, 0.25) is 15.9 Å². The normalized spacial score (nSPS) is 11.4. The van der Waals surface area contributed by atoms with Crippen LogP contribution in [-0.4, -0.2) is 55.6 Å². The molecule has 1 N–H and O–H groups in total. The average Bonchev–Trinajstić information content (AvgIpc) is 2.77. The van der Waals surface area contributed by atoms with Crippen molar-refractivity contribution in [1.29, 1.82) is 0 Å². The van der Waals surface area contributed by atoms with Crippen molar-refractivity contribution in [2.45, 2.75) is 32.2 Å². The van der Waals surface area contributed by atoms with Crippen molar-refractivity contribution < 1.29 is 18.0 Å². The molecule has 0 saturated carbocycles. The first-order chi connectivity index (χ1) is 15.1. The van der Waals surface area contributed by atoms with E-state index in [-0.39, 0.29) is 47.6 Å². The number of likely N-dealkylation sites (N-methyl/N-ethyl adjacent to an activating group) is 1. The zero-order valence-electron chi connectivity index (χ0n) is 18.3. The van der Waals surface area contributed by atoms with Gasteiger partial charge in [0.25, 0.3) is 5.91 Å². The van der Waals surface area contributed by atoms with Gasteiger partial charge >= 0.3 is 0 Å². The van der Waals surface area contributed by atoms with Crippen molar-refractivity contribution in [3.05, 3.63) is 63.6 Å². The first-order valence-corrected chi connectivity index (χ1v) is 12.4. The van der Waals surface area contributed by atoms with Crippen molar-refractivity contribution in [3.8, 4) is 0 Å². The van der Waals surface area contributed by atoms with Gasteiger partial charge in [-0.2, -0.15) is 4.31 Å². The number of carbonyl (C=O) groups is 2. The van der Waals surface area contributed by atoms with Gasteiger partial charge in [-0.15, -0.1) is 0 Å². The minimum absolute atomic E-state index is 0.0391. The average molecular weight is 500 g/mol. The summed E-state index contributed by atoms with van der Waals surface area (Å²) in [6, 6.07) is 11.2. The molecule has 0 saturated heterocycles. The highest BCUT2D eigenvalue weighted by Gasteiger charge is 2.26. The zero-order valence-corrected chi connectivity index (χ0v) is 20.6. The van der Waals surface area contributed by atoms with Gasteiger partial charge in [0.1, 0.15) is 4.90 Å². The van der Waals surface area contributed by atoms with E-state index in [4.69, 9.17) is 23.2 Å². The van der Waals surface area contributed by atoms with Crippen LogP contribution >= 0.6 is 23.2 Å². The van der Waals surface area contributed by atoms with E-state index in [1.165, 1.54) is 27.4 Å². The Kier molecular flexibility index (Phi) is 9.51. The number of amides is 2. The van der Waals surface area contributed by atoms with Crippen LogP contribution in [0.2, 0.25) is 10.0 Å². The third-order valence-electron chi connectivity index (χ3n) is 4.91. The third-order valence-corrected chi connectivity index (χ3v) is 7.69. The molecular formula is C22H27Cl2N3O4S. The minimum atomic E-state index is -3.84. The largest absolute Gasteiger partial charge is 0.350 e. The Bertz CT molecular complexity index is 1060. The molecule has 0 unspecified atom stereocenters. The summed E-state index contributed by atoms with van der Waals surface area (Å²) in [5.74, 6) is -0.790. The van der Waals surface area contributed by atoms with Crippen LogP contribution in [0.4, 0.5) is 0 Å². The molecule has 0 spiro atoms. The number of halogens is 2. The van der Waals surface area contributed by atoms with Gasteiger partial charge in [-0.25, -0.2) is 8.42 Å². The summed E-state index contributed by atoms with van der Waals surface area (Å²) in [5, 5.41) is 3.41. The molecule has 0 heterocycles. The molecule has 32 heavy (non-hydrogen) atoms. The van der Waals surface area contributed by atoms with Crippen molar-refractivity contribution in [2.24, 2.45) is 0 Å². The highest BCUT2D eigenvalue weighted by atomic mass is 35.5. The minimum Gasteiger partial charge on any atom is -0.350 e. The van der Waals surface area contributed by atoms with Crippen LogP contribution in [0.3, 0.4) is 0 Å². The summed E-state index contributed by atoms with van der Waals surface area (Å²) in [6.45, 7) is 6.17. The van der Waals surface area contributed by atoms with Gasteiger partial charge < -0.3 is 10.2 Å². The number of hydrogen-bond donors (Lipinski definition) is 1. The molecule has 0 aromatic heterocycles. The lowest BCUT2D eigenvalue weighted by atomic mass is 10.2. The quantitative estimate of drug-likeness (QED) is 0.538. The Morgan fingerprint density at radius 1 is 0.938 bits per heavy atom. The molecule has 0 aliphatic rings. The molecule has 0 bridgehead atoms. The molecule has 0 fully saturated rings. The van der Waals surface area contributed by atoms with Gasteiger partial charge in [-0.3, -0.25) is 9.59 Å². The predicted molar refractivity (Wildman–Crippen MR) is 126 cm³/mol. The summed E-state index contributed by atoms with van der Waals surface area (Å²) < 4.78 is 27.1. The lowest BCUT2D eigenvalue weighted by molar-refractivity contribution is -0.121. The topological polar surface area (TPSA) is 86.8 Å². The summed E-state index contributed by atoms with van der Waals surface area (Å²) in [7, 11) is -3.84. The smallest absolute Gasteiger partial charge is 0.254 e. The molecule has 0 aliphatic heterocycles. The summed E-state index contributed by atoms with van der Waals surface area (Å²) in [4.78, 5) is 26.6. The fourth-order valence-electron chi connectivity index (χ4n) is 3.08. The molecule has 2 rings (SSSR count). The number of sulfonamides is 1. The molecule has 10 heteroatoms. The van der Waals surface area contributed by atoms with Gasteiger partial charge in [-0.05, 0) is 42.8 Å². The molecule has 0 radical (unpaired) electrons. The maximum absolute atomic E-state index is 13.0. The Balaban J connectivity index is 2.15. The molecular weight excluding hydrogens is 473 g/mol. The molecule has 2 aromatic rings. The lowest BCUT2D eigenvalue weighted by Gasteiger charge is -2.22. The number of hydrogen-bond acceptors (Lipinski definition) is 4. The van der Waals surface area contributed by atoms with E-state index >= 15 is 0 Å². The number of nitrogens with one attached hydrogen (secondary N) is 1. The molecule has 0 aliphatic carbocycles. The second-order valence-electron chi connectivity index (χ2n) is 6.96. The van der Waals surface area contributed by atoms with Crippen LogP contribution in [0, 0.1) is 0 Å². The van der Waals surface area contributed by atoms with Crippen LogP contribution in [0.1, 0.15) is 36.7 Å². The van der Waals surface area contributed by atoms with E-state index in [2.05, 4.69) is 5.32 Å². The highest BCUT2D eigenvalue weighted by molar-refractivity contribution is 7.89. The van der Waals surface area contributed by atoms with E-state index < -0.39 is 15.9 Å². The van der Waals surface area contributed by atoms with Crippen LogP contribution in [0.15, 0.2) is 47.4 Å². The van der Waals surface area contributed by atoms with Crippen LogP contribution in [-0.2, 0) is 21.4 Å². The van der Waals surface area contributed by atoms with Crippen molar-refractivity contribution in [1.82, 2.24) is 14.5 Å². The number of carbonyl (C=O) groups excluding carboxylic acids is 2. The van der Waals surface area contributed by atoms with Gasteiger partial charge in [0.05, 0.1) is 11.6 Å². The number of nitrogens with zero attached hydrogens (tertiary/aromatic N) is 2. The highest BCUT2D eigenvalue weighted by Crippen LogP contribution is 2.26. The molecule has 2 amide bonds. The predicted octanol–water partition coefficient (Wildman–Crippen LogP) is 3.80.